The van der Waals surface area contributed by atoms with E-state index in [2.05, 4.69) is 40.9 Å². The number of hydrogen-bond acceptors (Lipinski definition) is 4. The number of unbranched alkanes of at least 4 members (excludes halogenated alkanes) is 1. The van der Waals surface area contributed by atoms with Gasteiger partial charge in [-0.1, -0.05) is 25.8 Å². The van der Waals surface area contributed by atoms with Crippen molar-refractivity contribution in [2.75, 3.05) is 32.7 Å². The van der Waals surface area contributed by atoms with Crippen molar-refractivity contribution in [1.82, 2.24) is 19.3 Å². The standard InChI is InChI=1S/C27H35FN4O2/c1-2-3-6-23(21-29-11-4-5-12-29)31-15-17-32(18-16-31)27(34)25-19-22(7-8-26(25)28)20-30-13-9-24(33)10-14-30/h4-5,7-9,11-13,19,23H,2-3,6,10,14-18,20-21H2,1H3. The minimum absolute atomic E-state index is 0.121. The van der Waals surface area contributed by atoms with Gasteiger partial charge in [-0.15, -0.1) is 0 Å². The van der Waals surface area contributed by atoms with E-state index in [1.165, 1.54) is 18.9 Å². The van der Waals surface area contributed by atoms with Crippen molar-refractivity contribution in [3.05, 3.63) is 71.9 Å². The van der Waals surface area contributed by atoms with Gasteiger partial charge in [0.15, 0.2) is 5.78 Å². The van der Waals surface area contributed by atoms with Gasteiger partial charge in [0.25, 0.3) is 5.91 Å². The molecular weight excluding hydrogens is 431 g/mol. The van der Waals surface area contributed by atoms with Crippen LogP contribution in [0.25, 0.3) is 0 Å². The highest BCUT2D eigenvalue weighted by molar-refractivity contribution is 5.94. The quantitative estimate of drug-likeness (QED) is 0.562. The lowest BCUT2D eigenvalue weighted by Crippen LogP contribution is -2.53. The molecule has 3 heterocycles. The number of piperazine rings is 1. The van der Waals surface area contributed by atoms with Crippen molar-refractivity contribution in [2.45, 2.75) is 51.7 Å². The number of amides is 1. The number of ketones is 1. The van der Waals surface area contributed by atoms with Crippen molar-refractivity contribution < 1.29 is 14.0 Å². The predicted octanol–water partition coefficient (Wildman–Crippen LogP) is 3.93. The SMILES string of the molecule is CCCCC(Cn1cccc1)N1CCN(C(=O)c2cc(CN3C=CC(=O)CC3)ccc2F)CC1. The fourth-order valence-corrected chi connectivity index (χ4v) is 4.83. The molecule has 0 N–H and O–H groups in total. The van der Waals surface area contributed by atoms with Crippen LogP contribution in [0.4, 0.5) is 4.39 Å². The normalized spacial score (nSPS) is 17.9. The first-order valence-electron chi connectivity index (χ1n) is 12.4. The maximum atomic E-state index is 14.6. The van der Waals surface area contributed by atoms with Crippen molar-refractivity contribution in [1.29, 1.82) is 0 Å². The molecule has 1 unspecified atom stereocenters. The molecule has 1 saturated heterocycles. The topological polar surface area (TPSA) is 48.8 Å². The minimum atomic E-state index is -0.478. The lowest BCUT2D eigenvalue weighted by molar-refractivity contribution is -0.115. The Labute approximate surface area is 201 Å². The lowest BCUT2D eigenvalue weighted by Gasteiger charge is -2.39. The Hall–Kier alpha value is -2.93. The second-order valence-electron chi connectivity index (χ2n) is 9.32. The number of hydrogen-bond donors (Lipinski definition) is 0. The van der Waals surface area contributed by atoms with E-state index in [9.17, 15) is 14.0 Å². The van der Waals surface area contributed by atoms with Crippen LogP contribution in [0.5, 0.6) is 0 Å². The second-order valence-corrected chi connectivity index (χ2v) is 9.32. The first-order chi connectivity index (χ1) is 16.5. The fourth-order valence-electron chi connectivity index (χ4n) is 4.83. The number of benzene rings is 1. The maximum absolute atomic E-state index is 14.6. The molecule has 2 aliphatic rings. The van der Waals surface area contributed by atoms with Gasteiger partial charge in [0.2, 0.25) is 0 Å². The summed E-state index contributed by atoms with van der Waals surface area (Å²) in [6.45, 7) is 7.17. The molecule has 34 heavy (non-hydrogen) atoms. The average molecular weight is 467 g/mol. The van der Waals surface area contributed by atoms with Gasteiger partial charge in [0.05, 0.1) is 5.56 Å². The summed E-state index contributed by atoms with van der Waals surface area (Å²) >= 11 is 0. The molecule has 182 valence electrons. The zero-order valence-corrected chi connectivity index (χ0v) is 20.0. The number of halogens is 1. The van der Waals surface area contributed by atoms with Crippen LogP contribution in [-0.4, -0.2) is 69.7 Å². The molecule has 1 amide bonds. The summed E-state index contributed by atoms with van der Waals surface area (Å²) in [5.74, 6) is -0.594. The molecule has 0 spiro atoms. The van der Waals surface area contributed by atoms with Crippen molar-refractivity contribution >= 4 is 11.7 Å². The summed E-state index contributed by atoms with van der Waals surface area (Å²) in [5.41, 5.74) is 1.01. The van der Waals surface area contributed by atoms with E-state index in [4.69, 9.17) is 0 Å². The van der Waals surface area contributed by atoms with Crippen LogP contribution in [0.3, 0.4) is 0 Å². The van der Waals surface area contributed by atoms with Crippen molar-refractivity contribution in [2.24, 2.45) is 0 Å². The molecule has 4 rings (SSSR count). The number of allylic oxidation sites excluding steroid dienone is 1. The summed E-state index contributed by atoms with van der Waals surface area (Å²) in [5, 5.41) is 0. The number of rotatable bonds is 9. The van der Waals surface area contributed by atoms with Crippen LogP contribution in [0.1, 0.15) is 48.5 Å². The molecule has 0 bridgehead atoms. The van der Waals surface area contributed by atoms with Gasteiger partial charge in [-0.05, 0) is 42.3 Å². The van der Waals surface area contributed by atoms with E-state index < -0.39 is 5.82 Å². The Bertz CT molecular complexity index is 996. The van der Waals surface area contributed by atoms with Gasteiger partial charge in [-0.2, -0.15) is 0 Å². The highest BCUT2D eigenvalue weighted by Gasteiger charge is 2.28. The van der Waals surface area contributed by atoms with E-state index in [1.54, 1.807) is 29.3 Å². The minimum Gasteiger partial charge on any atom is -0.372 e. The first kappa shape index (κ1) is 24.2. The highest BCUT2D eigenvalue weighted by Crippen LogP contribution is 2.19. The molecule has 6 nitrogen and oxygen atoms in total. The highest BCUT2D eigenvalue weighted by atomic mass is 19.1. The van der Waals surface area contributed by atoms with Gasteiger partial charge < -0.3 is 14.4 Å². The Morgan fingerprint density at radius 3 is 2.53 bits per heavy atom. The smallest absolute Gasteiger partial charge is 0.256 e. The van der Waals surface area contributed by atoms with Crippen LogP contribution in [0, 0.1) is 5.82 Å². The third kappa shape index (κ3) is 6.14. The van der Waals surface area contributed by atoms with Gasteiger partial charge in [-0.3, -0.25) is 14.5 Å². The monoisotopic (exact) mass is 466 g/mol. The predicted molar refractivity (Wildman–Crippen MR) is 131 cm³/mol. The van der Waals surface area contributed by atoms with Crippen LogP contribution >= 0.6 is 0 Å². The Morgan fingerprint density at radius 1 is 1.09 bits per heavy atom. The fraction of sp³-hybridized carbons (Fsp3) is 0.481. The number of aromatic nitrogens is 1. The Morgan fingerprint density at radius 2 is 1.85 bits per heavy atom. The summed E-state index contributed by atoms with van der Waals surface area (Å²) in [6.07, 6.45) is 11.5. The van der Waals surface area contributed by atoms with Gasteiger partial charge in [-0.25, -0.2) is 4.39 Å². The maximum Gasteiger partial charge on any atom is 0.256 e. The number of nitrogens with zero attached hydrogens (tertiary/aromatic N) is 4. The third-order valence-corrected chi connectivity index (χ3v) is 6.86. The number of carbonyl (C=O) groups is 2. The molecule has 1 aromatic carbocycles. The van der Waals surface area contributed by atoms with Gasteiger partial charge in [0.1, 0.15) is 5.82 Å². The molecule has 1 atom stereocenters. The van der Waals surface area contributed by atoms with E-state index in [1.807, 2.05) is 4.90 Å². The second kappa shape index (κ2) is 11.5. The van der Waals surface area contributed by atoms with E-state index in [0.717, 1.165) is 31.6 Å². The van der Waals surface area contributed by atoms with Crippen molar-refractivity contribution in [3.8, 4) is 0 Å². The molecule has 0 radical (unpaired) electrons. The average Bonchev–Trinajstić information content (AvgIpc) is 3.37. The van der Waals surface area contributed by atoms with Crippen LogP contribution in [0.15, 0.2) is 55.0 Å². The molecular formula is C27H35FN4O2. The molecule has 2 aromatic rings. The largest absolute Gasteiger partial charge is 0.372 e. The summed E-state index contributed by atoms with van der Waals surface area (Å²) < 4.78 is 16.9. The molecule has 1 aromatic heterocycles. The van der Waals surface area contributed by atoms with E-state index in [-0.39, 0.29) is 17.3 Å². The molecule has 1 fully saturated rings. The van der Waals surface area contributed by atoms with Crippen LogP contribution in [-0.2, 0) is 17.9 Å². The molecule has 0 aliphatic carbocycles. The summed E-state index contributed by atoms with van der Waals surface area (Å²) in [6, 6.07) is 9.32. The summed E-state index contributed by atoms with van der Waals surface area (Å²) in [4.78, 5) is 30.9. The molecule has 2 aliphatic heterocycles. The van der Waals surface area contributed by atoms with E-state index in [0.29, 0.717) is 38.6 Å². The van der Waals surface area contributed by atoms with Gasteiger partial charge >= 0.3 is 0 Å². The summed E-state index contributed by atoms with van der Waals surface area (Å²) in [7, 11) is 0. The first-order valence-corrected chi connectivity index (χ1v) is 12.4. The Balaban J connectivity index is 1.37. The van der Waals surface area contributed by atoms with Crippen molar-refractivity contribution in [3.63, 3.8) is 0 Å². The lowest BCUT2D eigenvalue weighted by atomic mass is 10.1. The zero-order valence-electron chi connectivity index (χ0n) is 20.0. The molecule has 7 heteroatoms. The van der Waals surface area contributed by atoms with E-state index >= 15 is 0 Å². The number of carbonyl (C=O) groups excluding carboxylic acids is 2. The van der Waals surface area contributed by atoms with Crippen LogP contribution in [0.2, 0.25) is 0 Å². The van der Waals surface area contributed by atoms with Gasteiger partial charge in [0, 0.05) is 76.9 Å². The van der Waals surface area contributed by atoms with Crippen LogP contribution < -0.4 is 0 Å². The molecule has 0 saturated carbocycles. The zero-order chi connectivity index (χ0) is 23.9. The Kier molecular flexibility index (Phi) is 8.16. The third-order valence-electron chi connectivity index (χ3n) is 6.86.